The minimum Gasteiger partial charge on any atom is -0.456 e. The summed E-state index contributed by atoms with van der Waals surface area (Å²) >= 11 is 1.92. The predicted octanol–water partition coefficient (Wildman–Crippen LogP) is 17.4. The Bertz CT molecular complexity index is 4310. The van der Waals surface area contributed by atoms with Crippen molar-refractivity contribution in [1.29, 1.82) is 0 Å². The maximum Gasteiger partial charge on any atom is 0.333 e. The van der Waals surface area contributed by atoms with E-state index in [0.29, 0.717) is 0 Å². The topological polar surface area (TPSA) is 21.3 Å². The zero-order chi connectivity index (χ0) is 48.7. The van der Waals surface area contributed by atoms with E-state index in [4.69, 9.17) is 4.42 Å². The van der Waals surface area contributed by atoms with Gasteiger partial charge in [0.2, 0.25) is 0 Å². The molecule has 12 aromatic rings. The molecule has 0 saturated carbocycles. The van der Waals surface area contributed by atoms with E-state index in [1.807, 2.05) is 11.3 Å². The first-order chi connectivity index (χ1) is 34.8. The van der Waals surface area contributed by atoms with Crippen molar-refractivity contribution in [3.8, 4) is 49.5 Å². The first-order valence-corrected chi connectivity index (χ1v) is 26.4. The van der Waals surface area contributed by atoms with E-state index in [2.05, 4.69) is 241 Å². The number of anilines is 2. The highest BCUT2D eigenvalue weighted by molar-refractivity contribution is 7.23. The molecule has 15 rings (SSSR count). The molecule has 9 aromatic carbocycles. The second-order valence-corrected chi connectivity index (χ2v) is 24.3. The lowest BCUT2D eigenvalue weighted by molar-refractivity contribution is 0.590. The summed E-state index contributed by atoms with van der Waals surface area (Å²) < 4.78 is 10.9. The number of fused-ring (bicyclic) bond motifs is 17. The fraction of sp³-hybridized carbons (Fsp3) is 0.164. The third kappa shape index (κ3) is 5.58. The number of thiophene rings is 1. The normalized spacial score (nSPS) is 14.4. The molecular weight excluding hydrogens is 892 g/mol. The number of hydrogen-bond donors (Lipinski definition) is 0. The van der Waals surface area contributed by atoms with Crippen LogP contribution in [0.2, 0.25) is 0 Å². The molecule has 0 atom stereocenters. The van der Waals surface area contributed by atoms with Gasteiger partial charge in [0, 0.05) is 76.2 Å². The molecule has 2 aliphatic heterocycles. The van der Waals surface area contributed by atoms with Gasteiger partial charge in [-0.2, -0.15) is 0 Å². The maximum absolute atomic E-state index is 6.86. The van der Waals surface area contributed by atoms with Gasteiger partial charge in [-0.25, -0.2) is 0 Å². The van der Waals surface area contributed by atoms with Crippen molar-refractivity contribution < 1.29 is 4.42 Å². The van der Waals surface area contributed by atoms with Gasteiger partial charge >= 0.3 is 6.85 Å². The van der Waals surface area contributed by atoms with Crippen LogP contribution in [0.4, 0.5) is 11.4 Å². The summed E-state index contributed by atoms with van der Waals surface area (Å²) in [4.78, 5) is 3.98. The lowest BCUT2D eigenvalue weighted by Crippen LogP contribution is -2.60. The van der Waals surface area contributed by atoms with Crippen molar-refractivity contribution in [3.05, 3.63) is 198 Å². The summed E-state index contributed by atoms with van der Waals surface area (Å²) in [6, 6.07) is 66.8. The molecule has 3 aromatic heterocycles. The molecule has 72 heavy (non-hydrogen) atoms. The number of furan rings is 1. The second kappa shape index (κ2) is 14.3. The Labute approximate surface area is 425 Å². The van der Waals surface area contributed by atoms with Crippen molar-refractivity contribution in [2.75, 3.05) is 4.81 Å². The Kier molecular flexibility index (Phi) is 8.37. The third-order valence-electron chi connectivity index (χ3n) is 16.6. The number of para-hydroxylation sites is 1. The van der Waals surface area contributed by atoms with Crippen molar-refractivity contribution in [2.45, 2.75) is 71.6 Å². The Balaban J connectivity index is 1.18. The summed E-state index contributed by atoms with van der Waals surface area (Å²) in [5.41, 5.74) is 24.8. The van der Waals surface area contributed by atoms with Crippen LogP contribution in [0.15, 0.2) is 180 Å². The summed E-state index contributed by atoms with van der Waals surface area (Å²) in [5, 5.41) is 6.27. The van der Waals surface area contributed by atoms with Gasteiger partial charge in [0.25, 0.3) is 0 Å². The van der Waals surface area contributed by atoms with Gasteiger partial charge < -0.3 is 13.8 Å². The SMILES string of the molecule is CC(C)(C)c1ccc(N2B3c4cc5sc(-c6ccccc6)c(-c6ccccc6)c5cc4-n4c5ccc(C(C)(C)C)cc5c5c6c(c(c3c54)-c3cc4c(cc32)oc2ccccc24)-c2ccccc2C6(C)C)cc1. The lowest BCUT2D eigenvalue weighted by atomic mass is 9.43. The van der Waals surface area contributed by atoms with Crippen LogP contribution in [-0.4, -0.2) is 11.4 Å². The third-order valence-corrected chi connectivity index (χ3v) is 17.8. The second-order valence-electron chi connectivity index (χ2n) is 23.2. The quantitative estimate of drug-likeness (QED) is 0.165. The van der Waals surface area contributed by atoms with E-state index < -0.39 is 0 Å². The Morgan fingerprint density at radius 2 is 1.21 bits per heavy atom. The molecule has 0 bridgehead atoms. The van der Waals surface area contributed by atoms with Crippen LogP contribution >= 0.6 is 11.3 Å². The zero-order valence-corrected chi connectivity index (χ0v) is 42.8. The van der Waals surface area contributed by atoms with Crippen LogP contribution in [0, 0.1) is 0 Å². The predicted molar refractivity (Wildman–Crippen MR) is 308 cm³/mol. The Hall–Kier alpha value is -7.60. The van der Waals surface area contributed by atoms with E-state index in [1.165, 1.54) is 115 Å². The van der Waals surface area contributed by atoms with Gasteiger partial charge in [0.05, 0.1) is 11.0 Å². The van der Waals surface area contributed by atoms with E-state index in [9.17, 15) is 0 Å². The van der Waals surface area contributed by atoms with Crippen LogP contribution in [0.5, 0.6) is 0 Å². The molecule has 0 spiro atoms. The van der Waals surface area contributed by atoms with Crippen LogP contribution in [0.25, 0.3) is 103 Å². The monoisotopic (exact) mass is 944 g/mol. The number of hydrogen-bond acceptors (Lipinski definition) is 3. The highest BCUT2D eigenvalue weighted by Gasteiger charge is 2.50. The van der Waals surface area contributed by atoms with Crippen LogP contribution in [-0.2, 0) is 16.2 Å². The minimum atomic E-state index is -0.289. The first kappa shape index (κ1) is 42.1. The molecule has 3 nitrogen and oxygen atoms in total. The average Bonchev–Trinajstić information content (AvgIpc) is 4.11. The van der Waals surface area contributed by atoms with Gasteiger partial charge in [-0.05, 0) is 120 Å². The lowest BCUT2D eigenvalue weighted by Gasteiger charge is -2.43. The molecule has 0 radical (unpaired) electrons. The fourth-order valence-electron chi connectivity index (χ4n) is 13.2. The summed E-state index contributed by atoms with van der Waals surface area (Å²) in [6.07, 6.45) is 0. The van der Waals surface area contributed by atoms with Crippen LogP contribution in [0.1, 0.15) is 77.6 Å². The Morgan fingerprint density at radius 1 is 0.528 bits per heavy atom. The van der Waals surface area contributed by atoms with Crippen LogP contribution < -0.4 is 15.7 Å². The molecule has 346 valence electrons. The molecule has 1 aliphatic carbocycles. The van der Waals surface area contributed by atoms with E-state index >= 15 is 0 Å². The largest absolute Gasteiger partial charge is 0.456 e. The molecular formula is C67H53BN2OS. The smallest absolute Gasteiger partial charge is 0.333 e. The standard InChI is InChI=1S/C67H53BN2OS/c1-65(2,3)40-27-30-42(31-28-40)70-52-37-55-45(43-23-16-18-26-54(43)71-55)34-47(52)59-58-44-24-15-17-25-49(44)67(7,8)61(58)60-46-33-41(66(4,5)6)29-32-51(46)69-53-35-48-56(36-50(53)68(70)62(59)63(60)69)72-64(39-21-13-10-14-22-39)57(48)38-19-11-9-12-20-38/h9-37H,1-8H3. The number of rotatable bonds is 3. The average molecular weight is 945 g/mol. The molecule has 0 unspecified atom stereocenters. The summed E-state index contributed by atoms with van der Waals surface area (Å²) in [7, 11) is 0. The van der Waals surface area contributed by atoms with Crippen molar-refractivity contribution in [1.82, 2.24) is 4.57 Å². The molecule has 5 heterocycles. The van der Waals surface area contributed by atoms with Crippen molar-refractivity contribution in [3.63, 3.8) is 0 Å². The minimum absolute atomic E-state index is 0.000267. The van der Waals surface area contributed by atoms with E-state index in [-0.39, 0.29) is 23.1 Å². The molecule has 0 N–H and O–H groups in total. The van der Waals surface area contributed by atoms with E-state index in [1.54, 1.807) is 0 Å². The van der Waals surface area contributed by atoms with Gasteiger partial charge in [-0.3, -0.25) is 0 Å². The number of nitrogens with zero attached hydrogens (tertiary/aromatic N) is 2. The molecule has 3 aliphatic rings. The van der Waals surface area contributed by atoms with Crippen molar-refractivity contribution in [2.24, 2.45) is 0 Å². The summed E-state index contributed by atoms with van der Waals surface area (Å²) in [5.74, 6) is 0. The number of aromatic nitrogens is 1. The van der Waals surface area contributed by atoms with Gasteiger partial charge in [-0.1, -0.05) is 177 Å². The first-order valence-electron chi connectivity index (χ1n) is 25.6. The molecule has 0 saturated heterocycles. The maximum atomic E-state index is 6.86. The highest BCUT2D eigenvalue weighted by atomic mass is 32.1. The summed E-state index contributed by atoms with van der Waals surface area (Å²) in [6.45, 7) is 18.8. The van der Waals surface area contributed by atoms with Gasteiger partial charge in [-0.15, -0.1) is 11.3 Å². The zero-order valence-electron chi connectivity index (χ0n) is 42.0. The van der Waals surface area contributed by atoms with Crippen LogP contribution in [0.3, 0.4) is 0 Å². The highest BCUT2D eigenvalue weighted by Crippen LogP contribution is 2.60. The number of benzene rings is 9. The van der Waals surface area contributed by atoms with E-state index in [0.717, 1.165) is 33.3 Å². The molecule has 5 heteroatoms. The molecule has 0 fully saturated rings. The molecule has 0 amide bonds. The van der Waals surface area contributed by atoms with Crippen molar-refractivity contribution >= 4 is 94.3 Å². The Morgan fingerprint density at radius 3 is 1.96 bits per heavy atom. The van der Waals surface area contributed by atoms with Gasteiger partial charge in [0.1, 0.15) is 11.2 Å². The fourth-order valence-corrected chi connectivity index (χ4v) is 14.5. The van der Waals surface area contributed by atoms with Gasteiger partial charge in [0.15, 0.2) is 0 Å².